The number of fused-ring (bicyclic) bond motifs is 3. The van der Waals surface area contributed by atoms with E-state index in [0.717, 1.165) is 47.8 Å². The van der Waals surface area contributed by atoms with Crippen LogP contribution in [-0.4, -0.2) is 114 Å². The lowest BCUT2D eigenvalue weighted by Gasteiger charge is -2.16. The van der Waals surface area contributed by atoms with Crippen LogP contribution in [0.5, 0.6) is 11.8 Å². The van der Waals surface area contributed by atoms with E-state index in [-0.39, 0.29) is 62.9 Å². The molecule has 0 spiro atoms. The molecule has 6 heterocycles. The lowest BCUT2D eigenvalue weighted by molar-refractivity contribution is 0.103. The summed E-state index contributed by atoms with van der Waals surface area (Å²) in [6.07, 6.45) is 10.1. The van der Waals surface area contributed by atoms with Crippen molar-refractivity contribution in [3.63, 3.8) is 0 Å². The third-order valence-corrected chi connectivity index (χ3v) is 16.0. The molecular weight excluding hydrogens is 1190 g/mol. The Morgan fingerprint density at radius 3 is 1.67 bits per heavy atom. The highest BCUT2D eigenvalue weighted by molar-refractivity contribution is 7.93. The number of nitrogens with zero attached hydrogens (tertiary/aromatic N) is 6. The number of aromatic nitrogens is 8. The Morgan fingerprint density at radius 2 is 1.14 bits per heavy atom. The number of ketones is 1. The molecule has 9 rings (SSSR count). The summed E-state index contributed by atoms with van der Waals surface area (Å²) in [6.45, 7) is 4.95. The van der Waals surface area contributed by atoms with Gasteiger partial charge in [-0.05, 0) is 67.3 Å². The second-order valence-corrected chi connectivity index (χ2v) is 22.9. The van der Waals surface area contributed by atoms with Gasteiger partial charge in [-0.3, -0.25) is 23.8 Å². The molecule has 33 heteroatoms. The fourth-order valence-electron chi connectivity index (χ4n) is 7.62. The van der Waals surface area contributed by atoms with Crippen LogP contribution in [0.1, 0.15) is 89.1 Å². The van der Waals surface area contributed by atoms with Crippen molar-refractivity contribution in [2.24, 2.45) is 0 Å². The van der Waals surface area contributed by atoms with Gasteiger partial charge >= 0.3 is 0 Å². The van der Waals surface area contributed by atoms with Crippen molar-refractivity contribution in [2.75, 3.05) is 51.0 Å². The standard InChI is InChI=1S/C17H18F2N4O4S.C17H16F2N4O4S.C10H11F2NO3S.C6H3ClN3/c2*1-3-6-28(25,26)23-11-5-4-10(18)13(14(11)19)15(24)9-7-20-16-12(9)17(27-2)22-8-21-16;1-2-5-17(15,16)13-9-4-3-8(11)7(6-14)10(9)12;7-5-4-1-2-8-6(4)10-3-9-5/h4-5,7-8,15,23-24H,3,6H2,1-2H3,(H,20,21,22);4-5,7-8,23H,3,6H2,1-2H3,(H,20,21,22);3-4,6,13H,2,5H2,1H3;1,3H,(H,8,9,10)/q;;;+1. The number of anilines is 4. The zero-order valence-corrected chi connectivity index (χ0v) is 47.1. The maximum absolute atomic E-state index is 14.9. The summed E-state index contributed by atoms with van der Waals surface area (Å²) in [7, 11) is -8.62. The van der Waals surface area contributed by atoms with Gasteiger partial charge in [-0.1, -0.05) is 20.8 Å². The number of carbonyl (C=O) groups is 2. The molecule has 3 aromatic carbocycles. The summed E-state index contributed by atoms with van der Waals surface area (Å²) < 4.78 is 172. The number of methoxy groups -OCH3 is 2. The average molecular weight is 1240 g/mol. The van der Waals surface area contributed by atoms with E-state index in [0.29, 0.717) is 30.1 Å². The topological polar surface area (TPSA) is 332 Å². The largest absolute Gasteiger partial charge is 0.480 e. The van der Waals surface area contributed by atoms with Gasteiger partial charge in [0.25, 0.3) is 5.82 Å². The van der Waals surface area contributed by atoms with Gasteiger partial charge in [0.2, 0.25) is 58.3 Å². The van der Waals surface area contributed by atoms with Crippen molar-refractivity contribution < 1.29 is 75.8 Å². The van der Waals surface area contributed by atoms with Crippen LogP contribution >= 0.6 is 11.6 Å². The predicted molar refractivity (Wildman–Crippen MR) is 294 cm³/mol. The fraction of sp³-hybridized carbons (Fsp3) is 0.240. The Kier molecular flexibility index (Phi) is 21.1. The maximum atomic E-state index is 14.9. The number of carbonyl (C=O) groups excluding carboxylic acids is 2. The van der Waals surface area contributed by atoms with E-state index in [4.69, 9.17) is 21.1 Å². The van der Waals surface area contributed by atoms with Gasteiger partial charge in [0.15, 0.2) is 23.7 Å². The first-order chi connectivity index (χ1) is 39.4. The molecule has 0 saturated heterocycles. The number of aromatic amines is 2. The molecule has 23 nitrogen and oxygen atoms in total. The van der Waals surface area contributed by atoms with Crippen LogP contribution in [0.3, 0.4) is 0 Å². The number of H-pyrrole nitrogens is 2. The first-order valence-electron chi connectivity index (χ1n) is 24.1. The molecule has 8 aromatic rings. The van der Waals surface area contributed by atoms with Crippen LogP contribution in [0.25, 0.3) is 28.1 Å². The van der Waals surface area contributed by atoms with Crippen molar-refractivity contribution in [3.8, 4) is 11.8 Å². The second-order valence-electron chi connectivity index (χ2n) is 17.0. The molecule has 0 amide bonds. The van der Waals surface area contributed by atoms with Crippen LogP contribution < -0.4 is 29.0 Å². The molecule has 1 atom stereocenters. The zero-order valence-electron chi connectivity index (χ0n) is 43.9. The number of aldehydes is 1. The Morgan fingerprint density at radius 1 is 0.663 bits per heavy atom. The Labute approximate surface area is 474 Å². The van der Waals surface area contributed by atoms with Gasteiger partial charge < -0.3 is 24.5 Å². The molecule has 0 aliphatic carbocycles. The summed E-state index contributed by atoms with van der Waals surface area (Å²) in [5, 5.41) is 14.4. The van der Waals surface area contributed by atoms with E-state index in [1.807, 2.05) is 9.44 Å². The monoisotopic (exact) mass is 1240 g/mol. The van der Waals surface area contributed by atoms with E-state index in [9.17, 15) is 66.3 Å². The molecule has 440 valence electrons. The molecule has 5 aromatic heterocycles. The maximum Gasteiger partial charge on any atom is 0.297 e. The van der Waals surface area contributed by atoms with Gasteiger partial charge in [-0.2, -0.15) is 5.32 Å². The minimum absolute atomic E-state index is 0.00227. The first kappa shape index (κ1) is 63.6. The van der Waals surface area contributed by atoms with Crippen molar-refractivity contribution in [2.45, 2.75) is 46.1 Å². The van der Waals surface area contributed by atoms with Crippen LogP contribution in [0.2, 0.25) is 5.15 Å². The number of aliphatic hydroxyl groups excluding tert-OH is 1. The number of rotatable bonds is 19. The summed E-state index contributed by atoms with van der Waals surface area (Å²) in [4.78, 5) is 52.2. The van der Waals surface area contributed by atoms with Crippen LogP contribution in [0.4, 0.5) is 49.2 Å². The highest BCUT2D eigenvalue weighted by Gasteiger charge is 2.30. The summed E-state index contributed by atoms with van der Waals surface area (Å²) in [5.41, 5.74) is -2.46. The van der Waals surface area contributed by atoms with Gasteiger partial charge in [0.1, 0.15) is 66.1 Å². The van der Waals surface area contributed by atoms with Crippen molar-refractivity contribution in [1.29, 1.82) is 0 Å². The molecule has 0 fully saturated rings. The number of hydrogen-bond acceptors (Lipinski definition) is 18. The highest BCUT2D eigenvalue weighted by atomic mass is 35.5. The number of hydrogen-bond donors (Lipinski definition) is 7. The molecule has 0 bridgehead atoms. The van der Waals surface area contributed by atoms with Crippen LogP contribution in [0.15, 0.2) is 67.8 Å². The molecular formula is C50H48ClF6N12O11S3+. The third-order valence-electron chi connectivity index (χ3n) is 11.2. The van der Waals surface area contributed by atoms with Gasteiger partial charge in [0, 0.05) is 18.0 Å². The van der Waals surface area contributed by atoms with E-state index in [1.165, 1.54) is 45.6 Å². The average Bonchev–Trinajstić information content (AvgIpc) is 4.28. The quantitative estimate of drug-likeness (QED) is 0.0131. The van der Waals surface area contributed by atoms with Crippen molar-refractivity contribution in [3.05, 3.63) is 147 Å². The smallest absolute Gasteiger partial charge is 0.297 e. The third kappa shape index (κ3) is 15.1. The zero-order chi connectivity index (χ0) is 61.0. The predicted octanol–water partition coefficient (Wildman–Crippen LogP) is 8.36. The second kappa shape index (κ2) is 27.5. The molecule has 0 radical (unpaired) electrons. The van der Waals surface area contributed by atoms with Crippen molar-refractivity contribution in [1.82, 2.24) is 39.9 Å². The Balaban J connectivity index is 0.000000188. The molecule has 0 saturated carbocycles. The number of sulfonamides is 3. The Bertz CT molecular complexity index is 4090. The normalized spacial score (nSPS) is 12.0. The number of ether oxygens (including phenoxy) is 2. The number of halogens is 7. The summed E-state index contributed by atoms with van der Waals surface area (Å²) in [6, 6.07) is 5.36. The summed E-state index contributed by atoms with van der Waals surface area (Å²) in [5.74, 6) is -7.70. The lowest BCUT2D eigenvalue weighted by atomic mass is 10.00. The van der Waals surface area contributed by atoms with E-state index in [2.05, 4.69) is 56.1 Å². The van der Waals surface area contributed by atoms with Gasteiger partial charge in [-0.15, -0.1) is 4.98 Å². The van der Waals surface area contributed by atoms with E-state index < -0.39 is 111 Å². The first-order valence-corrected chi connectivity index (χ1v) is 29.4. The van der Waals surface area contributed by atoms with Crippen LogP contribution in [-0.2, 0) is 30.1 Å². The molecule has 1 aliphatic heterocycles. The van der Waals surface area contributed by atoms with Crippen molar-refractivity contribution >= 4 is 105 Å². The molecule has 1 aliphatic rings. The van der Waals surface area contributed by atoms with Gasteiger partial charge in [-0.25, -0.2) is 76.5 Å². The van der Waals surface area contributed by atoms with Gasteiger partial charge in [0.05, 0.1) is 81.6 Å². The minimum Gasteiger partial charge on any atom is -0.480 e. The molecule has 83 heavy (non-hydrogen) atoms. The minimum atomic E-state index is -3.83. The van der Waals surface area contributed by atoms with E-state index in [1.54, 1.807) is 26.8 Å². The SMILES string of the molecule is CCCS(=O)(=O)Nc1ccc(F)c(C(=O)c2c[nH]c3ncnc(OC)c23)c1F.CCCS(=O)(=O)Nc1ccc(F)c(C(O)c2c[nH]c3ncnc(OC)c23)c1F.CCCS(=O)(=O)Nc1ccc(F)c(C=O)c1F.Clc1ncnc2c1C=[C+]N2. The Hall–Kier alpha value is -8.55. The molecule has 7 N–H and O–H groups in total. The highest BCUT2D eigenvalue weighted by Crippen LogP contribution is 2.37. The number of nitrogens with one attached hydrogen (secondary N) is 6. The van der Waals surface area contributed by atoms with E-state index >= 15 is 0 Å². The fourth-order valence-corrected chi connectivity index (χ4v) is 11.2. The van der Waals surface area contributed by atoms with Crippen LogP contribution in [0, 0.1) is 41.1 Å². The lowest BCUT2D eigenvalue weighted by Crippen LogP contribution is -2.18. The number of aliphatic hydroxyl groups is 1. The number of benzene rings is 3. The summed E-state index contributed by atoms with van der Waals surface area (Å²) >= 11 is 5.71. The molecule has 1 unspecified atom stereocenters.